The second kappa shape index (κ2) is 10.5. The first-order chi connectivity index (χ1) is 20.5. The van der Waals surface area contributed by atoms with E-state index >= 15 is 0 Å². The molecule has 0 saturated carbocycles. The first kappa shape index (κ1) is 27.8. The third-order valence-electron chi connectivity index (χ3n) is 7.86. The van der Waals surface area contributed by atoms with Gasteiger partial charge in [-0.25, -0.2) is 0 Å². The van der Waals surface area contributed by atoms with Crippen LogP contribution < -0.4 is 9.47 Å². The number of phenols is 6. The Kier molecular flexibility index (Phi) is 6.80. The van der Waals surface area contributed by atoms with Crippen molar-refractivity contribution in [2.24, 2.45) is 0 Å². The van der Waals surface area contributed by atoms with Crippen LogP contribution in [0.5, 0.6) is 46.0 Å². The van der Waals surface area contributed by atoms with Crippen LogP contribution in [0.2, 0.25) is 0 Å². The summed E-state index contributed by atoms with van der Waals surface area (Å²) in [5, 5.41) is 62.8. The Morgan fingerprint density at radius 2 is 1.47 bits per heavy atom. The predicted molar refractivity (Wildman–Crippen MR) is 156 cm³/mol. The Labute approximate surface area is 247 Å². The van der Waals surface area contributed by atoms with Crippen molar-refractivity contribution >= 4 is 5.78 Å². The lowest BCUT2D eigenvalue weighted by molar-refractivity contribution is 0.0839. The number of ether oxygens (including phenoxy) is 2. The zero-order valence-electron chi connectivity index (χ0n) is 23.4. The number of allylic oxidation sites excluding steroid dienone is 2. The Hall–Kier alpha value is -5.31. The second-order valence-electron chi connectivity index (χ2n) is 11.1. The number of Topliss-reactive ketones (excluding diaryl/α,β-unsaturated/α-hetero) is 1. The summed E-state index contributed by atoms with van der Waals surface area (Å²) >= 11 is 0. The molecule has 0 bridgehead atoms. The SMILES string of the molecule is CC(C)=CCc1c2c(c(O)c3c1O[C@H](c1ccc(O)cc1)[C@H]3c1cc(O)cc(O)c1)C(=O)C[C@@H](c1ccc(O)cc1O)O2. The molecule has 43 heavy (non-hydrogen) atoms. The molecule has 2 aliphatic rings. The van der Waals surface area contributed by atoms with Crippen molar-refractivity contribution in [3.05, 3.63) is 106 Å². The first-order valence-electron chi connectivity index (χ1n) is 13.8. The molecule has 9 heteroatoms. The summed E-state index contributed by atoms with van der Waals surface area (Å²) in [5.74, 6) is -1.78. The van der Waals surface area contributed by atoms with Crippen LogP contribution in [-0.2, 0) is 6.42 Å². The van der Waals surface area contributed by atoms with Crippen molar-refractivity contribution < 1.29 is 44.9 Å². The van der Waals surface area contributed by atoms with Gasteiger partial charge in [-0.05, 0) is 67.8 Å². The van der Waals surface area contributed by atoms with Crippen LogP contribution in [-0.4, -0.2) is 36.4 Å². The van der Waals surface area contributed by atoms with E-state index in [1.807, 2.05) is 19.9 Å². The number of aromatic hydroxyl groups is 6. The van der Waals surface area contributed by atoms with Crippen LogP contribution in [0.25, 0.3) is 0 Å². The normalized spacial score (nSPS) is 18.7. The number of hydrogen-bond donors (Lipinski definition) is 6. The molecule has 0 unspecified atom stereocenters. The minimum atomic E-state index is -0.892. The van der Waals surface area contributed by atoms with Crippen molar-refractivity contribution in [2.75, 3.05) is 0 Å². The minimum Gasteiger partial charge on any atom is -0.508 e. The topological polar surface area (TPSA) is 157 Å². The molecule has 0 radical (unpaired) electrons. The van der Waals surface area contributed by atoms with Gasteiger partial charge < -0.3 is 40.1 Å². The molecule has 220 valence electrons. The van der Waals surface area contributed by atoms with Crippen molar-refractivity contribution in [3.8, 4) is 46.0 Å². The fourth-order valence-electron chi connectivity index (χ4n) is 5.91. The van der Waals surface area contributed by atoms with E-state index in [0.717, 1.165) is 5.57 Å². The number of benzene rings is 4. The van der Waals surface area contributed by atoms with Gasteiger partial charge in [-0.2, -0.15) is 0 Å². The van der Waals surface area contributed by atoms with E-state index in [2.05, 4.69) is 0 Å². The molecule has 0 saturated heterocycles. The average molecular weight is 583 g/mol. The molecule has 6 rings (SSSR count). The Bertz CT molecular complexity index is 1770. The number of carbonyl (C=O) groups excluding carboxylic acids is 1. The summed E-state index contributed by atoms with van der Waals surface area (Å²) in [6.07, 6.45) is 0.379. The molecular formula is C34H30O9. The van der Waals surface area contributed by atoms with Gasteiger partial charge in [0.05, 0.1) is 12.3 Å². The molecule has 9 nitrogen and oxygen atoms in total. The maximum absolute atomic E-state index is 13.8. The first-order valence-corrected chi connectivity index (χ1v) is 13.8. The lowest BCUT2D eigenvalue weighted by Crippen LogP contribution is -2.22. The molecule has 6 N–H and O–H groups in total. The Morgan fingerprint density at radius 3 is 2.12 bits per heavy atom. The van der Waals surface area contributed by atoms with Gasteiger partial charge in [0, 0.05) is 28.8 Å². The maximum atomic E-state index is 13.8. The highest BCUT2D eigenvalue weighted by atomic mass is 16.5. The minimum absolute atomic E-state index is 0.0187. The lowest BCUT2D eigenvalue weighted by atomic mass is 9.81. The highest BCUT2D eigenvalue weighted by Crippen LogP contribution is 2.60. The van der Waals surface area contributed by atoms with Gasteiger partial charge in [-0.15, -0.1) is 0 Å². The Morgan fingerprint density at radius 1 is 0.791 bits per heavy atom. The lowest BCUT2D eigenvalue weighted by Gasteiger charge is -2.29. The van der Waals surface area contributed by atoms with Crippen LogP contribution in [0.1, 0.15) is 76.6 Å². The van der Waals surface area contributed by atoms with E-state index in [-0.39, 0.29) is 58.7 Å². The zero-order chi connectivity index (χ0) is 30.6. The fourth-order valence-corrected chi connectivity index (χ4v) is 5.91. The van der Waals surface area contributed by atoms with E-state index in [1.54, 1.807) is 12.1 Å². The van der Waals surface area contributed by atoms with Gasteiger partial charge in [-0.1, -0.05) is 23.8 Å². The molecule has 0 fully saturated rings. The summed E-state index contributed by atoms with van der Waals surface area (Å²) in [6, 6.07) is 14.5. The molecule has 2 aliphatic heterocycles. The van der Waals surface area contributed by atoms with E-state index in [1.165, 1.54) is 48.5 Å². The smallest absolute Gasteiger partial charge is 0.174 e. The van der Waals surface area contributed by atoms with Crippen LogP contribution in [0.3, 0.4) is 0 Å². The summed E-state index contributed by atoms with van der Waals surface area (Å²) < 4.78 is 13.0. The van der Waals surface area contributed by atoms with Gasteiger partial charge in [0.15, 0.2) is 5.78 Å². The summed E-state index contributed by atoms with van der Waals surface area (Å²) in [7, 11) is 0. The number of rotatable bonds is 5. The largest absolute Gasteiger partial charge is 0.508 e. The average Bonchev–Trinajstić information content (AvgIpc) is 3.33. The third-order valence-corrected chi connectivity index (χ3v) is 7.86. The second-order valence-corrected chi connectivity index (χ2v) is 11.1. The van der Waals surface area contributed by atoms with Crippen LogP contribution in [0.4, 0.5) is 0 Å². The number of carbonyl (C=O) groups is 1. The Balaban J connectivity index is 1.59. The molecule has 4 aromatic carbocycles. The standard InChI is InChI=1S/C34H30O9/c1-16(2)3-9-24-33-29(26(40)15-27(42-33)23-10-8-20(36)14-25(23)39)31(41)30-28(18-11-21(37)13-22(38)12-18)32(43-34(24)30)17-4-6-19(35)7-5-17/h3-8,10-14,27-28,32,35-39,41H,9,15H2,1-2H3/t27-,28-,32+/m0/s1. The van der Waals surface area contributed by atoms with Gasteiger partial charge in [0.25, 0.3) is 0 Å². The molecule has 0 aromatic heterocycles. The van der Waals surface area contributed by atoms with E-state index in [4.69, 9.17) is 9.47 Å². The number of ketones is 1. The maximum Gasteiger partial charge on any atom is 0.174 e. The van der Waals surface area contributed by atoms with Gasteiger partial charge >= 0.3 is 0 Å². The molecule has 0 aliphatic carbocycles. The molecule has 2 heterocycles. The summed E-state index contributed by atoms with van der Waals surface area (Å²) in [5.41, 5.74) is 3.18. The van der Waals surface area contributed by atoms with Crippen molar-refractivity contribution in [1.82, 2.24) is 0 Å². The monoisotopic (exact) mass is 582 g/mol. The number of fused-ring (bicyclic) bond motifs is 2. The fraction of sp³-hybridized carbons (Fsp3) is 0.206. The van der Waals surface area contributed by atoms with Gasteiger partial charge in [0.2, 0.25) is 0 Å². The molecular weight excluding hydrogens is 552 g/mol. The highest BCUT2D eigenvalue weighted by Gasteiger charge is 2.46. The van der Waals surface area contributed by atoms with Crippen LogP contribution in [0.15, 0.2) is 72.3 Å². The van der Waals surface area contributed by atoms with E-state index in [9.17, 15) is 35.4 Å². The van der Waals surface area contributed by atoms with Crippen LogP contribution in [0, 0.1) is 0 Å². The number of phenolic OH excluding ortho intramolecular Hbond substituents is 6. The van der Waals surface area contributed by atoms with Crippen molar-refractivity contribution in [1.29, 1.82) is 0 Å². The van der Waals surface area contributed by atoms with Crippen molar-refractivity contribution in [2.45, 2.75) is 44.8 Å². The van der Waals surface area contributed by atoms with Gasteiger partial charge in [0.1, 0.15) is 63.8 Å². The molecule has 0 spiro atoms. The predicted octanol–water partition coefficient (Wildman–Crippen LogP) is 6.40. The van der Waals surface area contributed by atoms with Gasteiger partial charge in [-0.3, -0.25) is 4.79 Å². The van der Waals surface area contributed by atoms with Crippen molar-refractivity contribution in [3.63, 3.8) is 0 Å². The third kappa shape index (κ3) is 4.92. The molecule has 4 aromatic rings. The highest BCUT2D eigenvalue weighted by molar-refractivity contribution is 6.04. The number of hydrogen-bond acceptors (Lipinski definition) is 9. The molecule has 3 atom stereocenters. The summed E-state index contributed by atoms with van der Waals surface area (Å²) in [4.78, 5) is 13.8. The summed E-state index contributed by atoms with van der Waals surface area (Å²) in [6.45, 7) is 3.85. The zero-order valence-corrected chi connectivity index (χ0v) is 23.4. The van der Waals surface area contributed by atoms with Crippen LogP contribution >= 0.6 is 0 Å². The molecule has 0 amide bonds. The quantitative estimate of drug-likeness (QED) is 0.147. The van der Waals surface area contributed by atoms with E-state index in [0.29, 0.717) is 33.6 Å². The van der Waals surface area contributed by atoms with E-state index < -0.39 is 23.9 Å².